The maximum absolute atomic E-state index is 12.5. The van der Waals surface area contributed by atoms with Crippen molar-refractivity contribution < 1.29 is 4.79 Å². The molecule has 1 N–H and O–H groups in total. The molecule has 1 saturated carbocycles. The first kappa shape index (κ1) is 17.7. The summed E-state index contributed by atoms with van der Waals surface area (Å²) >= 11 is 3.46. The van der Waals surface area contributed by atoms with Crippen LogP contribution < -0.4 is 5.32 Å². The second-order valence-corrected chi connectivity index (χ2v) is 8.40. The third-order valence-electron chi connectivity index (χ3n) is 5.56. The fourth-order valence-corrected chi connectivity index (χ4v) is 4.11. The Morgan fingerprint density at radius 1 is 1.04 bits per heavy atom. The molecular weight excluding hydrogens is 388 g/mol. The largest absolute Gasteiger partial charge is 0.326 e. The van der Waals surface area contributed by atoms with Crippen LogP contribution in [-0.2, 0) is 11.2 Å². The van der Waals surface area contributed by atoms with Crippen LogP contribution in [-0.4, -0.2) is 30.4 Å². The smallest absolute Gasteiger partial charge is 0.228 e. The maximum Gasteiger partial charge on any atom is 0.228 e. The zero-order chi connectivity index (χ0) is 17.9. The van der Waals surface area contributed by atoms with Crippen molar-refractivity contribution in [3.8, 4) is 0 Å². The fourth-order valence-electron chi connectivity index (χ4n) is 3.85. The number of amides is 1. The van der Waals surface area contributed by atoms with Gasteiger partial charge in [-0.1, -0.05) is 40.2 Å². The van der Waals surface area contributed by atoms with Crippen LogP contribution in [0.3, 0.4) is 0 Å². The highest BCUT2D eigenvalue weighted by molar-refractivity contribution is 9.10. The van der Waals surface area contributed by atoms with Crippen LogP contribution in [0, 0.1) is 5.92 Å². The van der Waals surface area contributed by atoms with Gasteiger partial charge in [0.05, 0.1) is 0 Å². The van der Waals surface area contributed by atoms with Gasteiger partial charge in [-0.3, -0.25) is 4.79 Å². The molecule has 2 aromatic carbocycles. The first-order chi connectivity index (χ1) is 12.7. The number of carbonyl (C=O) groups excluding carboxylic acids is 1. The number of likely N-dealkylation sites (tertiary alicyclic amines) is 1. The Kier molecular flexibility index (Phi) is 5.41. The van der Waals surface area contributed by atoms with Gasteiger partial charge in [-0.25, -0.2) is 0 Å². The van der Waals surface area contributed by atoms with Crippen LogP contribution in [0.2, 0.25) is 0 Å². The SMILES string of the molecule is O=C(Nc1ccc(CCN2CCCC2)cc1)C1CC1c1ccc(Br)cc1. The molecule has 2 aromatic rings. The van der Waals surface area contributed by atoms with E-state index >= 15 is 0 Å². The van der Waals surface area contributed by atoms with Gasteiger partial charge in [0.2, 0.25) is 5.91 Å². The highest BCUT2D eigenvalue weighted by Crippen LogP contribution is 2.48. The average molecular weight is 413 g/mol. The van der Waals surface area contributed by atoms with Crippen molar-refractivity contribution >= 4 is 27.5 Å². The lowest BCUT2D eigenvalue weighted by Gasteiger charge is -2.14. The maximum atomic E-state index is 12.5. The first-order valence-electron chi connectivity index (χ1n) is 9.57. The number of nitrogens with one attached hydrogen (secondary N) is 1. The number of anilines is 1. The fraction of sp³-hybridized carbons (Fsp3) is 0.409. The second-order valence-electron chi connectivity index (χ2n) is 7.49. The van der Waals surface area contributed by atoms with Crippen molar-refractivity contribution in [1.29, 1.82) is 0 Å². The minimum atomic E-state index is 0.103. The number of hydrogen-bond donors (Lipinski definition) is 1. The number of nitrogens with zero attached hydrogens (tertiary/aromatic N) is 1. The van der Waals surface area contributed by atoms with Crippen molar-refractivity contribution in [2.24, 2.45) is 5.92 Å². The Morgan fingerprint density at radius 3 is 2.42 bits per heavy atom. The minimum Gasteiger partial charge on any atom is -0.326 e. The van der Waals surface area contributed by atoms with Crippen molar-refractivity contribution in [3.63, 3.8) is 0 Å². The second kappa shape index (κ2) is 7.93. The number of rotatable bonds is 6. The molecule has 2 fully saturated rings. The molecule has 1 saturated heterocycles. The Bertz CT molecular complexity index is 751. The van der Waals surface area contributed by atoms with Gasteiger partial charge in [0, 0.05) is 22.6 Å². The molecule has 3 nitrogen and oxygen atoms in total. The van der Waals surface area contributed by atoms with Gasteiger partial charge in [0.1, 0.15) is 0 Å². The third-order valence-corrected chi connectivity index (χ3v) is 6.09. The molecule has 0 spiro atoms. The Balaban J connectivity index is 1.27. The van der Waals surface area contributed by atoms with E-state index in [9.17, 15) is 4.79 Å². The molecule has 4 heteroatoms. The van der Waals surface area contributed by atoms with Gasteiger partial charge < -0.3 is 10.2 Å². The van der Waals surface area contributed by atoms with E-state index in [1.807, 2.05) is 24.3 Å². The van der Waals surface area contributed by atoms with Gasteiger partial charge in [-0.2, -0.15) is 0 Å². The summed E-state index contributed by atoms with van der Waals surface area (Å²) in [4.78, 5) is 15.0. The molecule has 2 unspecified atom stereocenters. The van der Waals surface area contributed by atoms with E-state index in [1.165, 1.54) is 37.1 Å². The van der Waals surface area contributed by atoms with Crippen LogP contribution in [0.5, 0.6) is 0 Å². The zero-order valence-corrected chi connectivity index (χ0v) is 16.5. The van der Waals surface area contributed by atoms with E-state index in [0.717, 1.165) is 29.5 Å². The molecule has 0 radical (unpaired) electrons. The predicted molar refractivity (Wildman–Crippen MR) is 109 cm³/mol. The zero-order valence-electron chi connectivity index (χ0n) is 15.0. The first-order valence-corrected chi connectivity index (χ1v) is 10.4. The number of hydrogen-bond acceptors (Lipinski definition) is 2. The lowest BCUT2D eigenvalue weighted by molar-refractivity contribution is -0.117. The van der Waals surface area contributed by atoms with E-state index in [1.54, 1.807) is 0 Å². The van der Waals surface area contributed by atoms with Gasteiger partial charge in [0.15, 0.2) is 0 Å². The molecule has 0 bridgehead atoms. The van der Waals surface area contributed by atoms with Crippen molar-refractivity contribution in [2.45, 2.75) is 31.6 Å². The van der Waals surface area contributed by atoms with Crippen molar-refractivity contribution in [3.05, 3.63) is 64.1 Å². The summed E-state index contributed by atoms with van der Waals surface area (Å²) in [7, 11) is 0. The molecule has 136 valence electrons. The molecule has 1 aliphatic heterocycles. The van der Waals surface area contributed by atoms with E-state index in [0.29, 0.717) is 5.92 Å². The van der Waals surface area contributed by atoms with Gasteiger partial charge in [0.25, 0.3) is 0 Å². The monoisotopic (exact) mass is 412 g/mol. The lowest BCUT2D eigenvalue weighted by Crippen LogP contribution is -2.21. The summed E-state index contributed by atoms with van der Waals surface area (Å²) in [6.45, 7) is 3.63. The van der Waals surface area contributed by atoms with E-state index in [2.05, 4.69) is 50.4 Å². The van der Waals surface area contributed by atoms with Crippen LogP contribution in [0.4, 0.5) is 5.69 Å². The minimum absolute atomic E-state index is 0.103. The summed E-state index contributed by atoms with van der Waals surface area (Å²) < 4.78 is 1.08. The highest BCUT2D eigenvalue weighted by atomic mass is 79.9. The standard InChI is InChI=1S/C22H25BrN2O/c23-18-7-5-17(6-8-18)20-15-21(20)22(26)24-19-9-3-16(4-10-19)11-14-25-12-1-2-13-25/h3-10,20-21H,1-2,11-15H2,(H,24,26). The Hall–Kier alpha value is -1.65. The van der Waals surface area contributed by atoms with Gasteiger partial charge >= 0.3 is 0 Å². The molecule has 26 heavy (non-hydrogen) atoms. The quantitative estimate of drug-likeness (QED) is 0.736. The molecule has 1 amide bonds. The van der Waals surface area contributed by atoms with E-state index in [-0.39, 0.29) is 11.8 Å². The molecule has 2 atom stereocenters. The third kappa shape index (κ3) is 4.36. The van der Waals surface area contributed by atoms with Crippen LogP contribution in [0.1, 0.15) is 36.3 Å². The molecular formula is C22H25BrN2O. The van der Waals surface area contributed by atoms with E-state index in [4.69, 9.17) is 0 Å². The molecule has 2 aliphatic rings. The van der Waals surface area contributed by atoms with Crippen LogP contribution >= 0.6 is 15.9 Å². The number of carbonyl (C=O) groups is 1. The Morgan fingerprint density at radius 2 is 1.73 bits per heavy atom. The molecule has 0 aromatic heterocycles. The van der Waals surface area contributed by atoms with Crippen LogP contribution in [0.25, 0.3) is 0 Å². The summed E-state index contributed by atoms with van der Waals surface area (Å²) in [5.41, 5.74) is 3.50. The summed E-state index contributed by atoms with van der Waals surface area (Å²) in [5, 5.41) is 3.08. The van der Waals surface area contributed by atoms with Crippen molar-refractivity contribution in [1.82, 2.24) is 4.90 Å². The molecule has 4 rings (SSSR count). The molecule has 1 heterocycles. The predicted octanol–water partition coefficient (Wildman–Crippen LogP) is 4.83. The average Bonchev–Trinajstić information content (AvgIpc) is 3.29. The van der Waals surface area contributed by atoms with Gasteiger partial charge in [-0.15, -0.1) is 0 Å². The lowest BCUT2D eigenvalue weighted by atomic mass is 10.1. The number of halogens is 1. The van der Waals surface area contributed by atoms with Crippen LogP contribution in [0.15, 0.2) is 53.0 Å². The summed E-state index contributed by atoms with van der Waals surface area (Å²) in [5.74, 6) is 0.608. The number of benzene rings is 2. The summed E-state index contributed by atoms with van der Waals surface area (Å²) in [6.07, 6.45) is 4.71. The van der Waals surface area contributed by atoms with Crippen molar-refractivity contribution in [2.75, 3.05) is 25.0 Å². The molecule has 1 aliphatic carbocycles. The Labute approximate surface area is 163 Å². The topological polar surface area (TPSA) is 32.3 Å². The normalized spacial score (nSPS) is 22.3. The van der Waals surface area contributed by atoms with Gasteiger partial charge in [-0.05, 0) is 80.1 Å². The highest BCUT2D eigenvalue weighted by Gasteiger charge is 2.43. The van der Waals surface area contributed by atoms with E-state index < -0.39 is 0 Å². The summed E-state index contributed by atoms with van der Waals surface area (Å²) in [6, 6.07) is 16.7.